The van der Waals surface area contributed by atoms with Gasteiger partial charge in [-0.25, -0.2) is 4.68 Å². The van der Waals surface area contributed by atoms with Crippen molar-refractivity contribution in [1.29, 1.82) is 0 Å². The third kappa shape index (κ3) is 3.57. The lowest BCUT2D eigenvalue weighted by Crippen LogP contribution is -2.39. The van der Waals surface area contributed by atoms with Crippen LogP contribution >= 0.6 is 11.8 Å². The molecule has 2 rings (SSSR count). The van der Waals surface area contributed by atoms with Crippen LogP contribution in [-0.2, 0) is 6.54 Å². The first-order valence-corrected chi connectivity index (χ1v) is 7.08. The predicted molar refractivity (Wildman–Crippen MR) is 74.6 cm³/mol. The van der Waals surface area contributed by atoms with Gasteiger partial charge in [0.2, 0.25) is 0 Å². The number of aromatic nitrogens is 2. The summed E-state index contributed by atoms with van der Waals surface area (Å²) in [7, 11) is 0. The van der Waals surface area contributed by atoms with Gasteiger partial charge in [-0.15, -0.1) is 11.8 Å². The molecule has 0 aliphatic rings. The molecular formula is C13H11F3N2O2S. The lowest BCUT2D eigenvalue weighted by Gasteiger charge is -2.09. The maximum Gasteiger partial charge on any atom is 0.408 e. The standard InChI is InChI=1S/C13H11F3N2O2S/c1-21-9-4-2-8(3-5-9)10-6-17-18(7-13(14,15)16)12(20)11(10)19/h2-6,17H,7H2,1H3. The van der Waals surface area contributed by atoms with Crippen molar-refractivity contribution in [3.05, 3.63) is 51.0 Å². The quantitative estimate of drug-likeness (QED) is 0.699. The van der Waals surface area contributed by atoms with Crippen LogP contribution in [0.5, 0.6) is 0 Å². The minimum Gasteiger partial charge on any atom is -0.302 e. The van der Waals surface area contributed by atoms with E-state index in [-0.39, 0.29) is 10.2 Å². The first-order chi connectivity index (χ1) is 9.81. The fourth-order valence-electron chi connectivity index (χ4n) is 1.79. The van der Waals surface area contributed by atoms with E-state index >= 15 is 0 Å². The molecule has 0 aliphatic carbocycles. The SMILES string of the molecule is CSc1ccc(-c2c[nH]n(CC(F)(F)F)c(=O)c2=O)cc1. The van der Waals surface area contributed by atoms with Crippen LogP contribution in [0.4, 0.5) is 13.2 Å². The van der Waals surface area contributed by atoms with E-state index in [1.807, 2.05) is 6.26 Å². The number of nitrogens with zero attached hydrogens (tertiary/aromatic N) is 1. The largest absolute Gasteiger partial charge is 0.408 e. The average molecular weight is 316 g/mol. The molecule has 112 valence electrons. The van der Waals surface area contributed by atoms with Crippen LogP contribution in [0.15, 0.2) is 44.9 Å². The molecule has 1 aromatic carbocycles. The van der Waals surface area contributed by atoms with Crippen LogP contribution in [-0.4, -0.2) is 22.2 Å². The fourth-order valence-corrected chi connectivity index (χ4v) is 2.19. The Bertz CT molecular complexity index is 748. The van der Waals surface area contributed by atoms with E-state index in [1.54, 1.807) is 24.3 Å². The Hall–Kier alpha value is -1.96. The predicted octanol–water partition coefficient (Wildman–Crippen LogP) is 2.49. The van der Waals surface area contributed by atoms with Crippen LogP contribution < -0.4 is 11.0 Å². The number of halogens is 3. The first kappa shape index (κ1) is 15.4. The molecule has 0 radical (unpaired) electrons. The summed E-state index contributed by atoms with van der Waals surface area (Å²) in [6.07, 6.45) is -1.57. The lowest BCUT2D eigenvalue weighted by molar-refractivity contribution is -0.143. The van der Waals surface area contributed by atoms with E-state index < -0.39 is 23.7 Å². The zero-order valence-corrected chi connectivity index (χ0v) is 11.7. The Labute approximate surface area is 121 Å². The van der Waals surface area contributed by atoms with Crippen molar-refractivity contribution in [2.45, 2.75) is 17.6 Å². The van der Waals surface area contributed by atoms with Gasteiger partial charge < -0.3 is 5.10 Å². The number of H-pyrrole nitrogens is 1. The minimum absolute atomic E-state index is 0.0473. The van der Waals surface area contributed by atoms with Gasteiger partial charge in [0, 0.05) is 11.1 Å². The second-order valence-electron chi connectivity index (χ2n) is 4.25. The summed E-state index contributed by atoms with van der Waals surface area (Å²) in [4.78, 5) is 24.6. The van der Waals surface area contributed by atoms with Crippen molar-refractivity contribution in [2.24, 2.45) is 0 Å². The second kappa shape index (κ2) is 5.80. The van der Waals surface area contributed by atoms with Gasteiger partial charge in [-0.2, -0.15) is 13.2 Å². The van der Waals surface area contributed by atoms with Crippen LogP contribution in [0, 0.1) is 0 Å². The van der Waals surface area contributed by atoms with Crippen molar-refractivity contribution < 1.29 is 13.2 Å². The molecule has 0 saturated heterocycles. The van der Waals surface area contributed by atoms with Crippen molar-refractivity contribution >= 4 is 11.8 Å². The number of nitrogens with one attached hydrogen (secondary N) is 1. The molecule has 0 saturated carbocycles. The maximum atomic E-state index is 12.3. The smallest absolute Gasteiger partial charge is 0.302 e. The molecule has 8 heteroatoms. The molecule has 0 fully saturated rings. The molecule has 1 heterocycles. The van der Waals surface area contributed by atoms with Gasteiger partial charge in [-0.05, 0) is 24.0 Å². The normalized spacial score (nSPS) is 11.6. The Morgan fingerprint density at radius 3 is 2.33 bits per heavy atom. The number of thioether (sulfide) groups is 1. The van der Waals surface area contributed by atoms with Crippen molar-refractivity contribution in [3.8, 4) is 11.1 Å². The van der Waals surface area contributed by atoms with E-state index in [9.17, 15) is 22.8 Å². The molecule has 21 heavy (non-hydrogen) atoms. The van der Waals surface area contributed by atoms with E-state index in [0.717, 1.165) is 11.1 Å². The number of alkyl halides is 3. The molecule has 1 N–H and O–H groups in total. The average Bonchev–Trinajstić information content (AvgIpc) is 2.43. The molecule has 0 bridgehead atoms. The van der Waals surface area contributed by atoms with Gasteiger partial charge in [0.25, 0.3) is 5.43 Å². The third-order valence-electron chi connectivity index (χ3n) is 2.79. The zero-order valence-electron chi connectivity index (χ0n) is 10.9. The molecule has 0 unspecified atom stereocenters. The molecule has 0 spiro atoms. The van der Waals surface area contributed by atoms with Crippen molar-refractivity contribution in [1.82, 2.24) is 9.78 Å². The van der Waals surface area contributed by atoms with Crippen LogP contribution in [0.25, 0.3) is 11.1 Å². The van der Waals surface area contributed by atoms with Gasteiger partial charge in [-0.1, -0.05) is 12.1 Å². The highest BCUT2D eigenvalue weighted by Gasteiger charge is 2.29. The fraction of sp³-hybridized carbons (Fsp3) is 0.231. The number of hydrogen-bond donors (Lipinski definition) is 1. The van der Waals surface area contributed by atoms with Crippen molar-refractivity contribution in [3.63, 3.8) is 0 Å². The number of benzene rings is 1. The van der Waals surface area contributed by atoms with Gasteiger partial charge in [-0.3, -0.25) is 9.59 Å². The Kier molecular flexibility index (Phi) is 4.26. The van der Waals surface area contributed by atoms with E-state index in [0.29, 0.717) is 5.56 Å². The summed E-state index contributed by atoms with van der Waals surface area (Å²) in [5.41, 5.74) is -1.66. The van der Waals surface area contributed by atoms with Gasteiger partial charge in [0.05, 0.1) is 5.56 Å². The van der Waals surface area contributed by atoms with Gasteiger partial charge >= 0.3 is 11.7 Å². The van der Waals surface area contributed by atoms with Crippen LogP contribution in [0.3, 0.4) is 0 Å². The van der Waals surface area contributed by atoms with Crippen LogP contribution in [0.1, 0.15) is 0 Å². The molecular weight excluding hydrogens is 305 g/mol. The molecule has 4 nitrogen and oxygen atoms in total. The highest BCUT2D eigenvalue weighted by molar-refractivity contribution is 7.98. The minimum atomic E-state index is -4.58. The monoisotopic (exact) mass is 316 g/mol. The van der Waals surface area contributed by atoms with Gasteiger partial charge in [0.15, 0.2) is 0 Å². The summed E-state index contributed by atoms with van der Waals surface area (Å²) in [6.45, 7) is -1.52. The first-order valence-electron chi connectivity index (χ1n) is 5.85. The highest BCUT2D eigenvalue weighted by Crippen LogP contribution is 2.20. The molecule has 0 aliphatic heterocycles. The summed E-state index contributed by atoms with van der Waals surface area (Å²) < 4.78 is 37.1. The number of hydrogen-bond acceptors (Lipinski definition) is 3. The maximum absolute atomic E-state index is 12.3. The van der Waals surface area contributed by atoms with Gasteiger partial charge in [0.1, 0.15) is 6.54 Å². The Balaban J connectivity index is 2.45. The summed E-state index contributed by atoms with van der Waals surface area (Å²) in [5, 5.41) is 2.21. The zero-order chi connectivity index (χ0) is 15.6. The topological polar surface area (TPSA) is 54.9 Å². The highest BCUT2D eigenvalue weighted by atomic mass is 32.2. The van der Waals surface area contributed by atoms with E-state index in [1.165, 1.54) is 11.8 Å². The number of rotatable bonds is 3. The Morgan fingerprint density at radius 2 is 1.81 bits per heavy atom. The Morgan fingerprint density at radius 1 is 1.19 bits per heavy atom. The van der Waals surface area contributed by atoms with E-state index in [4.69, 9.17) is 0 Å². The van der Waals surface area contributed by atoms with E-state index in [2.05, 4.69) is 5.10 Å². The third-order valence-corrected chi connectivity index (χ3v) is 3.53. The number of aromatic amines is 1. The molecule has 2 aromatic rings. The summed E-state index contributed by atoms with van der Waals surface area (Å²) in [6, 6.07) is 6.81. The second-order valence-corrected chi connectivity index (χ2v) is 5.13. The summed E-state index contributed by atoms with van der Waals surface area (Å²) in [5.74, 6) is 0. The van der Waals surface area contributed by atoms with Crippen LogP contribution in [0.2, 0.25) is 0 Å². The van der Waals surface area contributed by atoms with Crippen molar-refractivity contribution in [2.75, 3.05) is 6.26 Å². The molecule has 0 amide bonds. The summed E-state index contributed by atoms with van der Waals surface area (Å²) >= 11 is 1.51. The molecule has 1 aromatic heterocycles. The lowest BCUT2D eigenvalue weighted by atomic mass is 10.1. The molecule has 0 atom stereocenters.